The molecule has 1 aromatic rings. The van der Waals surface area contributed by atoms with Crippen LogP contribution in [0.25, 0.3) is 0 Å². The first kappa shape index (κ1) is 16.0. The number of rotatable bonds is 6. The molecule has 20 heavy (non-hydrogen) atoms. The van der Waals surface area contributed by atoms with E-state index in [0.29, 0.717) is 30.3 Å². The van der Waals surface area contributed by atoms with Crippen LogP contribution in [0.15, 0.2) is 24.3 Å². The molecule has 0 radical (unpaired) electrons. The third-order valence-electron chi connectivity index (χ3n) is 2.86. The summed E-state index contributed by atoms with van der Waals surface area (Å²) in [5.74, 6) is -0.531. The number of anilines is 1. The minimum absolute atomic E-state index is 0.104. The molecule has 0 aliphatic heterocycles. The highest BCUT2D eigenvalue weighted by Gasteiger charge is 2.15. The van der Waals surface area contributed by atoms with Crippen LogP contribution in [0.4, 0.5) is 10.5 Å². The Morgan fingerprint density at radius 1 is 1.30 bits per heavy atom. The number of carbonyl (C=O) groups excluding carboxylic acids is 1. The minimum atomic E-state index is -0.916. The van der Waals surface area contributed by atoms with Crippen LogP contribution in [0.5, 0.6) is 0 Å². The van der Waals surface area contributed by atoms with Gasteiger partial charge in [0.15, 0.2) is 0 Å². The zero-order valence-corrected chi connectivity index (χ0v) is 12.2. The van der Waals surface area contributed by atoms with Crippen LogP contribution in [0.2, 0.25) is 0 Å². The second-order valence-corrected chi connectivity index (χ2v) is 5.09. The van der Waals surface area contributed by atoms with E-state index in [-0.39, 0.29) is 12.5 Å². The fraction of sp³-hybridized carbons (Fsp3) is 0.467. The Hall–Kier alpha value is -2.04. The lowest BCUT2D eigenvalue weighted by Gasteiger charge is -2.23. The number of aliphatic carboxylic acids is 1. The summed E-state index contributed by atoms with van der Waals surface area (Å²) in [6.45, 7) is 7.31. The maximum absolute atomic E-state index is 12.2. The lowest BCUT2D eigenvalue weighted by molar-refractivity contribution is -0.136. The SMILES string of the molecule is CCN(CC(C)C)C(=O)Nc1ccccc1CC(=O)O. The quantitative estimate of drug-likeness (QED) is 0.840. The monoisotopic (exact) mass is 278 g/mol. The maximum Gasteiger partial charge on any atom is 0.321 e. The van der Waals surface area contributed by atoms with Crippen molar-refractivity contribution in [2.75, 3.05) is 18.4 Å². The summed E-state index contributed by atoms with van der Waals surface area (Å²) in [6.07, 6.45) is -0.104. The van der Waals surface area contributed by atoms with Gasteiger partial charge < -0.3 is 15.3 Å². The van der Waals surface area contributed by atoms with E-state index < -0.39 is 5.97 Å². The van der Waals surface area contributed by atoms with Crippen LogP contribution in [0.3, 0.4) is 0 Å². The first-order valence-electron chi connectivity index (χ1n) is 6.79. The van der Waals surface area contributed by atoms with E-state index in [9.17, 15) is 9.59 Å². The largest absolute Gasteiger partial charge is 0.481 e. The van der Waals surface area contributed by atoms with E-state index in [1.807, 2.05) is 20.8 Å². The fourth-order valence-corrected chi connectivity index (χ4v) is 1.95. The van der Waals surface area contributed by atoms with E-state index in [1.165, 1.54) is 0 Å². The average molecular weight is 278 g/mol. The van der Waals surface area contributed by atoms with Crippen molar-refractivity contribution in [3.63, 3.8) is 0 Å². The van der Waals surface area contributed by atoms with Crippen LogP contribution >= 0.6 is 0 Å². The Kier molecular flexibility index (Phi) is 6.03. The highest BCUT2D eigenvalue weighted by atomic mass is 16.4. The molecule has 0 aromatic heterocycles. The first-order chi connectivity index (χ1) is 9.43. The number of hydrogen-bond donors (Lipinski definition) is 2. The van der Waals surface area contributed by atoms with Crippen LogP contribution in [-0.2, 0) is 11.2 Å². The molecule has 0 fully saturated rings. The van der Waals surface area contributed by atoms with Crippen molar-refractivity contribution in [1.29, 1.82) is 0 Å². The van der Waals surface area contributed by atoms with E-state index in [1.54, 1.807) is 29.2 Å². The number of para-hydroxylation sites is 1. The van der Waals surface area contributed by atoms with Gasteiger partial charge in [-0.15, -0.1) is 0 Å². The third kappa shape index (κ3) is 4.91. The number of urea groups is 1. The predicted molar refractivity (Wildman–Crippen MR) is 78.9 cm³/mol. The molecule has 0 aliphatic carbocycles. The molecular formula is C15H22N2O3. The van der Waals surface area contributed by atoms with Crippen LogP contribution in [-0.4, -0.2) is 35.1 Å². The smallest absolute Gasteiger partial charge is 0.321 e. The first-order valence-corrected chi connectivity index (χ1v) is 6.79. The Labute approximate surface area is 119 Å². The Morgan fingerprint density at radius 3 is 2.50 bits per heavy atom. The van der Waals surface area contributed by atoms with Crippen molar-refractivity contribution in [3.8, 4) is 0 Å². The molecule has 2 N–H and O–H groups in total. The molecule has 0 atom stereocenters. The number of amides is 2. The molecule has 5 nitrogen and oxygen atoms in total. The van der Waals surface area contributed by atoms with Crippen molar-refractivity contribution in [3.05, 3.63) is 29.8 Å². The topological polar surface area (TPSA) is 69.6 Å². The summed E-state index contributed by atoms with van der Waals surface area (Å²) in [5, 5.41) is 11.7. The molecular weight excluding hydrogens is 256 g/mol. The van der Waals surface area contributed by atoms with Crippen molar-refractivity contribution in [2.45, 2.75) is 27.2 Å². The normalized spacial score (nSPS) is 10.4. The van der Waals surface area contributed by atoms with Gasteiger partial charge in [-0.25, -0.2) is 4.79 Å². The summed E-state index contributed by atoms with van der Waals surface area (Å²) in [5.41, 5.74) is 1.16. The molecule has 5 heteroatoms. The van der Waals surface area contributed by atoms with E-state index in [0.717, 1.165) is 0 Å². The van der Waals surface area contributed by atoms with Crippen LogP contribution in [0.1, 0.15) is 26.3 Å². The van der Waals surface area contributed by atoms with Gasteiger partial charge >= 0.3 is 12.0 Å². The zero-order chi connectivity index (χ0) is 15.1. The molecule has 0 heterocycles. The molecule has 0 unspecified atom stereocenters. The highest BCUT2D eigenvalue weighted by molar-refractivity contribution is 5.91. The number of carboxylic acids is 1. The van der Waals surface area contributed by atoms with Gasteiger partial charge in [-0.05, 0) is 24.5 Å². The summed E-state index contributed by atoms with van der Waals surface area (Å²) < 4.78 is 0. The standard InChI is InChI=1S/C15H22N2O3/c1-4-17(10-11(2)3)15(20)16-13-8-6-5-7-12(13)9-14(18)19/h5-8,11H,4,9-10H2,1-3H3,(H,16,20)(H,18,19). The second kappa shape index (κ2) is 7.53. The molecule has 1 aromatic carbocycles. The van der Waals surface area contributed by atoms with Crippen LogP contribution < -0.4 is 5.32 Å². The lowest BCUT2D eigenvalue weighted by atomic mass is 10.1. The molecule has 110 valence electrons. The molecule has 0 saturated carbocycles. The Balaban J connectivity index is 2.81. The molecule has 0 aliphatic rings. The van der Waals surface area contributed by atoms with E-state index >= 15 is 0 Å². The molecule has 0 spiro atoms. The van der Waals surface area contributed by atoms with E-state index in [4.69, 9.17) is 5.11 Å². The van der Waals surface area contributed by atoms with Gasteiger partial charge in [-0.1, -0.05) is 32.0 Å². The van der Waals surface area contributed by atoms with Crippen LogP contribution in [0, 0.1) is 5.92 Å². The van der Waals surface area contributed by atoms with Crippen molar-refractivity contribution >= 4 is 17.7 Å². The maximum atomic E-state index is 12.2. The number of nitrogens with one attached hydrogen (secondary N) is 1. The lowest BCUT2D eigenvalue weighted by Crippen LogP contribution is -2.37. The predicted octanol–water partition coefficient (Wildman–Crippen LogP) is 2.82. The van der Waals surface area contributed by atoms with Gasteiger partial charge in [0.25, 0.3) is 0 Å². The highest BCUT2D eigenvalue weighted by Crippen LogP contribution is 2.16. The molecule has 0 bridgehead atoms. The number of benzene rings is 1. The molecule has 0 saturated heterocycles. The number of carbonyl (C=O) groups is 2. The van der Waals surface area contributed by atoms with Crippen molar-refractivity contribution in [2.24, 2.45) is 5.92 Å². The minimum Gasteiger partial charge on any atom is -0.481 e. The van der Waals surface area contributed by atoms with E-state index in [2.05, 4.69) is 5.32 Å². The summed E-state index contributed by atoms with van der Waals surface area (Å²) in [4.78, 5) is 24.7. The van der Waals surface area contributed by atoms with Crippen molar-refractivity contribution in [1.82, 2.24) is 4.90 Å². The summed E-state index contributed by atoms with van der Waals surface area (Å²) in [6, 6.07) is 6.78. The number of hydrogen-bond acceptors (Lipinski definition) is 2. The van der Waals surface area contributed by atoms with Gasteiger partial charge in [0, 0.05) is 18.8 Å². The average Bonchev–Trinajstić information content (AvgIpc) is 2.37. The van der Waals surface area contributed by atoms with Gasteiger partial charge in [-0.3, -0.25) is 4.79 Å². The Morgan fingerprint density at radius 2 is 1.95 bits per heavy atom. The zero-order valence-electron chi connectivity index (χ0n) is 12.2. The Bertz CT molecular complexity index is 472. The van der Waals surface area contributed by atoms with Gasteiger partial charge in [0.05, 0.1) is 6.42 Å². The fourth-order valence-electron chi connectivity index (χ4n) is 1.95. The van der Waals surface area contributed by atoms with Gasteiger partial charge in [-0.2, -0.15) is 0 Å². The van der Waals surface area contributed by atoms with Gasteiger partial charge in [0.2, 0.25) is 0 Å². The van der Waals surface area contributed by atoms with Crippen molar-refractivity contribution < 1.29 is 14.7 Å². The number of nitrogens with zero attached hydrogens (tertiary/aromatic N) is 1. The summed E-state index contributed by atoms with van der Waals surface area (Å²) in [7, 11) is 0. The second-order valence-electron chi connectivity index (χ2n) is 5.09. The van der Waals surface area contributed by atoms with Gasteiger partial charge in [0.1, 0.15) is 0 Å². The molecule has 2 amide bonds. The summed E-state index contributed by atoms with van der Waals surface area (Å²) >= 11 is 0. The number of carboxylic acid groups (broad SMARTS) is 1. The third-order valence-corrected chi connectivity index (χ3v) is 2.86. The molecule has 1 rings (SSSR count).